The second-order valence-electron chi connectivity index (χ2n) is 8.03. The normalized spacial score (nSPS) is 11.1. The number of anilines is 3. The molecule has 0 unspecified atom stereocenters. The molecule has 2 aromatic carbocycles. The highest BCUT2D eigenvalue weighted by molar-refractivity contribution is 5.94. The lowest BCUT2D eigenvalue weighted by atomic mass is 10.0. The van der Waals surface area contributed by atoms with Gasteiger partial charge in [0.15, 0.2) is 0 Å². The van der Waals surface area contributed by atoms with Crippen molar-refractivity contribution in [1.29, 1.82) is 0 Å². The number of para-hydroxylation sites is 1. The fraction of sp³-hybridized carbons (Fsp3) is 0.250. The van der Waals surface area contributed by atoms with Gasteiger partial charge in [0.25, 0.3) is 5.69 Å². The summed E-state index contributed by atoms with van der Waals surface area (Å²) in [6.45, 7) is 0.693. The van der Waals surface area contributed by atoms with E-state index in [-0.39, 0.29) is 5.69 Å². The molecule has 10 nitrogen and oxygen atoms in total. The summed E-state index contributed by atoms with van der Waals surface area (Å²) in [5.41, 5.74) is 4.20. The Morgan fingerprint density at radius 2 is 2.03 bits per heavy atom. The average Bonchev–Trinajstić information content (AvgIpc) is 3.26. The first kappa shape index (κ1) is 23.0. The fourth-order valence-electron chi connectivity index (χ4n) is 4.00. The number of rotatable bonds is 9. The van der Waals surface area contributed by atoms with Crippen LogP contribution in [0.4, 0.5) is 23.0 Å². The van der Waals surface area contributed by atoms with E-state index in [1.807, 2.05) is 55.5 Å². The number of H-pyrrole nitrogens is 1. The van der Waals surface area contributed by atoms with Gasteiger partial charge in [-0.05, 0) is 32.6 Å². The number of nitro benzene ring substituents is 1. The molecule has 2 aromatic heterocycles. The molecule has 0 atom stereocenters. The first-order valence-electron chi connectivity index (χ1n) is 10.8. The minimum Gasteiger partial charge on any atom is -0.494 e. The van der Waals surface area contributed by atoms with Gasteiger partial charge < -0.3 is 25.3 Å². The summed E-state index contributed by atoms with van der Waals surface area (Å²) >= 11 is 0. The monoisotopic (exact) mass is 461 g/mol. The van der Waals surface area contributed by atoms with Gasteiger partial charge in [-0.2, -0.15) is 0 Å². The molecule has 0 spiro atoms. The SMILES string of the molecule is CNc1c([N+](=O)[O-])cc(Nc2nccc(-c3c[nH]c4ccccc34)n2)c(OC)c1CCN(C)C. The van der Waals surface area contributed by atoms with Crippen molar-refractivity contribution < 1.29 is 9.66 Å². The number of nitrogens with zero attached hydrogens (tertiary/aromatic N) is 4. The first-order valence-corrected chi connectivity index (χ1v) is 10.8. The van der Waals surface area contributed by atoms with E-state index in [0.717, 1.165) is 22.2 Å². The average molecular weight is 462 g/mol. The number of methoxy groups -OCH3 is 1. The molecule has 2 heterocycles. The van der Waals surface area contributed by atoms with Gasteiger partial charge in [-0.3, -0.25) is 10.1 Å². The largest absolute Gasteiger partial charge is 0.494 e. The summed E-state index contributed by atoms with van der Waals surface area (Å²) in [5, 5.41) is 19.0. The molecule has 3 N–H and O–H groups in total. The molecule has 0 saturated heterocycles. The van der Waals surface area contributed by atoms with Gasteiger partial charge in [0.2, 0.25) is 5.95 Å². The van der Waals surface area contributed by atoms with Crippen LogP contribution in [0, 0.1) is 10.1 Å². The third-order valence-corrected chi connectivity index (χ3v) is 5.58. The van der Waals surface area contributed by atoms with E-state index in [9.17, 15) is 10.1 Å². The number of hydrogen-bond donors (Lipinski definition) is 3. The molecule has 0 radical (unpaired) electrons. The molecule has 0 amide bonds. The number of aromatic amines is 1. The van der Waals surface area contributed by atoms with Crippen molar-refractivity contribution >= 4 is 33.9 Å². The maximum atomic E-state index is 11.9. The van der Waals surface area contributed by atoms with Crippen LogP contribution in [0.2, 0.25) is 0 Å². The molecule has 4 rings (SSSR count). The first-order chi connectivity index (χ1) is 16.4. The number of likely N-dealkylation sites (N-methyl/N-ethyl adjacent to an activating group) is 1. The lowest BCUT2D eigenvalue weighted by molar-refractivity contribution is -0.383. The van der Waals surface area contributed by atoms with Crippen molar-refractivity contribution in [2.75, 3.05) is 45.4 Å². The Morgan fingerprint density at radius 1 is 1.24 bits per heavy atom. The number of nitro groups is 1. The van der Waals surface area contributed by atoms with Crippen LogP contribution >= 0.6 is 0 Å². The van der Waals surface area contributed by atoms with Gasteiger partial charge in [0, 0.05) is 54.1 Å². The second-order valence-corrected chi connectivity index (χ2v) is 8.03. The zero-order chi connectivity index (χ0) is 24.2. The Balaban J connectivity index is 1.78. The van der Waals surface area contributed by atoms with E-state index in [4.69, 9.17) is 4.74 Å². The van der Waals surface area contributed by atoms with Crippen molar-refractivity contribution in [3.05, 3.63) is 64.5 Å². The van der Waals surface area contributed by atoms with Gasteiger partial charge in [0.1, 0.15) is 11.4 Å². The number of hydrogen-bond acceptors (Lipinski definition) is 8. The molecule has 4 aromatic rings. The number of benzene rings is 2. The van der Waals surface area contributed by atoms with Crippen LogP contribution < -0.4 is 15.4 Å². The third-order valence-electron chi connectivity index (χ3n) is 5.58. The van der Waals surface area contributed by atoms with Crippen molar-refractivity contribution in [2.45, 2.75) is 6.42 Å². The number of nitrogens with one attached hydrogen (secondary N) is 3. The summed E-state index contributed by atoms with van der Waals surface area (Å²) < 4.78 is 5.71. The van der Waals surface area contributed by atoms with Crippen LogP contribution in [-0.2, 0) is 6.42 Å². The Labute approximate surface area is 197 Å². The van der Waals surface area contributed by atoms with Crippen molar-refractivity contribution in [3.8, 4) is 17.0 Å². The van der Waals surface area contributed by atoms with E-state index in [2.05, 4.69) is 25.6 Å². The van der Waals surface area contributed by atoms with Gasteiger partial charge in [-0.1, -0.05) is 18.2 Å². The Kier molecular flexibility index (Phi) is 6.60. The quantitative estimate of drug-likeness (QED) is 0.247. The smallest absolute Gasteiger partial charge is 0.294 e. The highest BCUT2D eigenvalue weighted by Crippen LogP contribution is 2.42. The van der Waals surface area contributed by atoms with Gasteiger partial charge in [-0.25, -0.2) is 9.97 Å². The fourth-order valence-corrected chi connectivity index (χ4v) is 4.00. The minimum absolute atomic E-state index is 0.0488. The van der Waals surface area contributed by atoms with Crippen molar-refractivity contribution in [2.24, 2.45) is 0 Å². The van der Waals surface area contributed by atoms with Crippen LogP contribution in [-0.4, -0.2) is 59.6 Å². The van der Waals surface area contributed by atoms with Crippen LogP contribution in [0.3, 0.4) is 0 Å². The van der Waals surface area contributed by atoms with E-state index in [0.29, 0.717) is 41.6 Å². The summed E-state index contributed by atoms with van der Waals surface area (Å²) in [5.74, 6) is 0.823. The van der Waals surface area contributed by atoms with Gasteiger partial charge >= 0.3 is 0 Å². The van der Waals surface area contributed by atoms with Crippen LogP contribution in [0.5, 0.6) is 5.75 Å². The number of ether oxygens (including phenoxy) is 1. The van der Waals surface area contributed by atoms with Crippen LogP contribution in [0.1, 0.15) is 5.56 Å². The summed E-state index contributed by atoms with van der Waals surface area (Å²) in [7, 11) is 7.12. The molecule has 0 aliphatic heterocycles. The molecule has 0 fully saturated rings. The van der Waals surface area contributed by atoms with Gasteiger partial charge in [0.05, 0.1) is 23.4 Å². The minimum atomic E-state index is -0.404. The highest BCUT2D eigenvalue weighted by Gasteiger charge is 2.25. The van der Waals surface area contributed by atoms with E-state index in [1.165, 1.54) is 6.07 Å². The Bertz CT molecular complexity index is 1330. The van der Waals surface area contributed by atoms with Crippen molar-refractivity contribution in [3.63, 3.8) is 0 Å². The number of aromatic nitrogens is 3. The molecule has 0 aliphatic rings. The molecule has 0 aliphatic carbocycles. The van der Waals surface area contributed by atoms with E-state index in [1.54, 1.807) is 20.4 Å². The molecule has 10 heteroatoms. The van der Waals surface area contributed by atoms with Crippen molar-refractivity contribution in [1.82, 2.24) is 19.9 Å². The highest BCUT2D eigenvalue weighted by atomic mass is 16.6. The standard InChI is InChI=1S/C24H27N7O3/c1-25-22-16(10-12-30(2)3)23(34-4)20(13-21(22)31(32)33)29-24-26-11-9-19(28-24)17-14-27-18-8-6-5-7-15(17)18/h5-9,11,13-14,25,27H,10,12H2,1-4H3,(H,26,28,29). The maximum Gasteiger partial charge on any atom is 0.294 e. The second kappa shape index (κ2) is 9.75. The van der Waals surface area contributed by atoms with Gasteiger partial charge in [-0.15, -0.1) is 0 Å². The number of fused-ring (bicyclic) bond motifs is 1. The summed E-state index contributed by atoms with van der Waals surface area (Å²) in [6, 6.07) is 11.2. The lowest BCUT2D eigenvalue weighted by Crippen LogP contribution is -2.17. The zero-order valence-electron chi connectivity index (χ0n) is 19.5. The van der Waals surface area contributed by atoms with E-state index < -0.39 is 4.92 Å². The summed E-state index contributed by atoms with van der Waals surface area (Å²) in [4.78, 5) is 25.7. The predicted octanol–water partition coefficient (Wildman–Crippen LogP) is 4.43. The predicted molar refractivity (Wildman–Crippen MR) is 134 cm³/mol. The molecule has 176 valence electrons. The lowest BCUT2D eigenvalue weighted by Gasteiger charge is -2.19. The molecule has 34 heavy (non-hydrogen) atoms. The topological polar surface area (TPSA) is 121 Å². The third kappa shape index (κ3) is 4.48. The Morgan fingerprint density at radius 3 is 2.74 bits per heavy atom. The maximum absolute atomic E-state index is 11.9. The Hall–Kier alpha value is -4.18. The molecule has 0 bridgehead atoms. The summed E-state index contributed by atoms with van der Waals surface area (Å²) in [6.07, 6.45) is 4.12. The molecular formula is C24H27N7O3. The molecule has 0 saturated carbocycles. The van der Waals surface area contributed by atoms with E-state index >= 15 is 0 Å². The molecular weight excluding hydrogens is 434 g/mol. The van der Waals surface area contributed by atoms with Crippen LogP contribution in [0.25, 0.3) is 22.2 Å². The zero-order valence-corrected chi connectivity index (χ0v) is 19.5. The van der Waals surface area contributed by atoms with Crippen LogP contribution in [0.15, 0.2) is 48.8 Å².